The molecule has 3 aromatic rings. The molecule has 3 rings (SSSR count). The standard InChI is InChI=1S/C12H10BrN5O3/c1-2-18-7(5-6-14-18)10(19)15-12-17-16-11(21-12)8-3-4-9(13)20-8/h3-6H,2H2,1H3,(H,15,17,19). The minimum atomic E-state index is -0.370. The van der Waals surface area contributed by atoms with Gasteiger partial charge in [0.05, 0.1) is 0 Å². The van der Waals surface area contributed by atoms with Crippen LogP contribution in [-0.2, 0) is 6.54 Å². The van der Waals surface area contributed by atoms with Gasteiger partial charge in [-0.25, -0.2) is 0 Å². The Morgan fingerprint density at radius 3 is 2.90 bits per heavy atom. The first kappa shape index (κ1) is 13.6. The number of hydrogen-bond acceptors (Lipinski definition) is 6. The largest absolute Gasteiger partial charge is 0.444 e. The molecule has 0 aliphatic carbocycles. The maximum Gasteiger partial charge on any atom is 0.322 e. The molecule has 0 radical (unpaired) electrons. The number of carbonyl (C=O) groups is 1. The molecule has 0 spiro atoms. The smallest absolute Gasteiger partial charge is 0.322 e. The van der Waals surface area contributed by atoms with Crippen molar-refractivity contribution in [3.63, 3.8) is 0 Å². The monoisotopic (exact) mass is 351 g/mol. The van der Waals surface area contributed by atoms with Crippen molar-refractivity contribution in [1.29, 1.82) is 0 Å². The highest BCUT2D eigenvalue weighted by atomic mass is 79.9. The van der Waals surface area contributed by atoms with Crippen molar-refractivity contribution in [1.82, 2.24) is 20.0 Å². The van der Waals surface area contributed by atoms with Crippen molar-refractivity contribution in [3.05, 3.63) is 34.8 Å². The molecule has 0 aromatic carbocycles. The van der Waals surface area contributed by atoms with E-state index < -0.39 is 0 Å². The van der Waals surface area contributed by atoms with Crippen molar-refractivity contribution in [2.45, 2.75) is 13.5 Å². The van der Waals surface area contributed by atoms with E-state index in [0.717, 1.165) is 0 Å². The zero-order valence-electron chi connectivity index (χ0n) is 10.9. The third-order valence-electron chi connectivity index (χ3n) is 2.68. The van der Waals surface area contributed by atoms with Crippen molar-refractivity contribution in [3.8, 4) is 11.7 Å². The Labute approximate surface area is 127 Å². The van der Waals surface area contributed by atoms with Gasteiger partial charge in [-0.1, -0.05) is 5.10 Å². The average Bonchev–Trinajstić information content (AvgIpc) is 3.17. The SMILES string of the molecule is CCn1nccc1C(=O)Nc1nnc(-c2ccc(Br)o2)o1. The molecule has 3 heterocycles. The lowest BCUT2D eigenvalue weighted by molar-refractivity contribution is 0.101. The summed E-state index contributed by atoms with van der Waals surface area (Å²) < 4.78 is 12.7. The normalized spacial score (nSPS) is 10.8. The molecule has 0 aliphatic heterocycles. The molecule has 0 atom stereocenters. The van der Waals surface area contributed by atoms with Crippen LogP contribution in [0.15, 0.2) is 37.9 Å². The molecule has 0 unspecified atom stereocenters. The van der Waals surface area contributed by atoms with E-state index >= 15 is 0 Å². The minimum absolute atomic E-state index is 0.00799. The van der Waals surface area contributed by atoms with Crippen LogP contribution in [0.1, 0.15) is 17.4 Å². The molecular formula is C12H10BrN5O3. The van der Waals surface area contributed by atoms with Gasteiger partial charge in [0.15, 0.2) is 10.4 Å². The van der Waals surface area contributed by atoms with E-state index in [0.29, 0.717) is 22.7 Å². The molecule has 0 saturated heterocycles. The summed E-state index contributed by atoms with van der Waals surface area (Å²) >= 11 is 3.18. The summed E-state index contributed by atoms with van der Waals surface area (Å²) in [5, 5.41) is 14.1. The number of furan rings is 1. The van der Waals surface area contributed by atoms with Crippen LogP contribution in [0.3, 0.4) is 0 Å². The number of amides is 1. The van der Waals surface area contributed by atoms with Crippen LogP contribution in [0, 0.1) is 0 Å². The van der Waals surface area contributed by atoms with Gasteiger partial charge in [-0.15, -0.1) is 5.10 Å². The first-order chi connectivity index (χ1) is 10.2. The molecule has 9 heteroatoms. The number of hydrogen-bond donors (Lipinski definition) is 1. The summed E-state index contributed by atoms with van der Waals surface area (Å²) in [4.78, 5) is 12.1. The number of aromatic nitrogens is 4. The number of aryl methyl sites for hydroxylation is 1. The first-order valence-electron chi connectivity index (χ1n) is 6.09. The molecule has 0 saturated carbocycles. The predicted molar refractivity (Wildman–Crippen MR) is 75.6 cm³/mol. The molecular weight excluding hydrogens is 342 g/mol. The van der Waals surface area contributed by atoms with Gasteiger partial charge in [-0.2, -0.15) is 5.10 Å². The molecule has 1 N–H and O–H groups in total. The third kappa shape index (κ3) is 2.72. The highest BCUT2D eigenvalue weighted by Crippen LogP contribution is 2.24. The van der Waals surface area contributed by atoms with Gasteiger partial charge >= 0.3 is 6.01 Å². The zero-order chi connectivity index (χ0) is 14.8. The van der Waals surface area contributed by atoms with Crippen molar-refractivity contribution in [2.24, 2.45) is 0 Å². The molecule has 0 bridgehead atoms. The number of anilines is 1. The summed E-state index contributed by atoms with van der Waals surface area (Å²) in [6, 6.07) is 4.98. The second-order valence-corrected chi connectivity index (χ2v) is 4.78. The highest BCUT2D eigenvalue weighted by molar-refractivity contribution is 9.10. The average molecular weight is 352 g/mol. The van der Waals surface area contributed by atoms with Crippen LogP contribution >= 0.6 is 15.9 Å². The minimum Gasteiger partial charge on any atom is -0.444 e. The maximum atomic E-state index is 12.1. The van der Waals surface area contributed by atoms with Gasteiger partial charge in [0, 0.05) is 12.7 Å². The van der Waals surface area contributed by atoms with Gasteiger partial charge in [-0.3, -0.25) is 14.8 Å². The van der Waals surface area contributed by atoms with E-state index in [1.54, 1.807) is 29.1 Å². The lowest BCUT2D eigenvalue weighted by Gasteiger charge is -2.02. The third-order valence-corrected chi connectivity index (χ3v) is 3.10. The topological polar surface area (TPSA) is 99.0 Å². The summed E-state index contributed by atoms with van der Waals surface area (Å²) in [6.45, 7) is 2.48. The molecule has 3 aromatic heterocycles. The van der Waals surface area contributed by atoms with Crippen molar-refractivity contribution >= 4 is 27.9 Å². The molecule has 108 valence electrons. The summed E-state index contributed by atoms with van der Waals surface area (Å²) in [6.07, 6.45) is 1.55. The van der Waals surface area contributed by atoms with Crippen LogP contribution < -0.4 is 5.32 Å². The van der Waals surface area contributed by atoms with E-state index in [2.05, 4.69) is 36.5 Å². The molecule has 1 amide bonds. The lowest BCUT2D eigenvalue weighted by Crippen LogP contribution is -2.17. The number of nitrogens with one attached hydrogen (secondary N) is 1. The van der Waals surface area contributed by atoms with Crippen LogP contribution in [0.25, 0.3) is 11.7 Å². The number of nitrogens with zero attached hydrogens (tertiary/aromatic N) is 4. The Kier molecular flexibility index (Phi) is 3.57. The van der Waals surface area contributed by atoms with E-state index in [-0.39, 0.29) is 17.8 Å². The van der Waals surface area contributed by atoms with Gasteiger partial charge in [0.1, 0.15) is 5.69 Å². The van der Waals surface area contributed by atoms with Crippen molar-refractivity contribution < 1.29 is 13.6 Å². The Morgan fingerprint density at radius 2 is 2.19 bits per heavy atom. The van der Waals surface area contributed by atoms with Crippen molar-refractivity contribution in [2.75, 3.05) is 5.32 Å². The second-order valence-electron chi connectivity index (χ2n) is 4.00. The Bertz CT molecular complexity index is 775. The summed E-state index contributed by atoms with van der Waals surface area (Å²) in [7, 11) is 0. The zero-order valence-corrected chi connectivity index (χ0v) is 12.5. The molecule has 8 nitrogen and oxygen atoms in total. The molecule has 0 aliphatic rings. The van der Waals surface area contributed by atoms with Crippen LogP contribution in [0.4, 0.5) is 6.01 Å². The fraction of sp³-hybridized carbons (Fsp3) is 0.167. The van der Waals surface area contributed by atoms with E-state index in [4.69, 9.17) is 8.83 Å². The highest BCUT2D eigenvalue weighted by Gasteiger charge is 2.17. The number of rotatable bonds is 4. The number of halogens is 1. The number of carbonyl (C=O) groups excluding carboxylic acids is 1. The first-order valence-corrected chi connectivity index (χ1v) is 6.89. The van der Waals surface area contributed by atoms with Gasteiger partial charge in [0.25, 0.3) is 11.8 Å². The van der Waals surface area contributed by atoms with E-state index in [9.17, 15) is 4.79 Å². The molecule has 21 heavy (non-hydrogen) atoms. The van der Waals surface area contributed by atoms with Gasteiger partial charge in [-0.05, 0) is 41.1 Å². The van der Waals surface area contributed by atoms with Crippen LogP contribution in [0.5, 0.6) is 0 Å². The van der Waals surface area contributed by atoms with Crippen LogP contribution in [0.2, 0.25) is 0 Å². The Balaban J connectivity index is 1.77. The Morgan fingerprint density at radius 1 is 1.33 bits per heavy atom. The lowest BCUT2D eigenvalue weighted by atomic mass is 10.4. The molecule has 0 fully saturated rings. The van der Waals surface area contributed by atoms with E-state index in [1.807, 2.05) is 6.92 Å². The fourth-order valence-electron chi connectivity index (χ4n) is 1.74. The van der Waals surface area contributed by atoms with E-state index in [1.165, 1.54) is 0 Å². The second kappa shape index (κ2) is 5.52. The van der Waals surface area contributed by atoms with Crippen LogP contribution in [-0.4, -0.2) is 25.9 Å². The summed E-state index contributed by atoms with van der Waals surface area (Å²) in [5.41, 5.74) is 0.415. The maximum absolute atomic E-state index is 12.1. The van der Waals surface area contributed by atoms with Gasteiger partial charge < -0.3 is 8.83 Å². The predicted octanol–water partition coefficient (Wildman–Crippen LogP) is 2.56. The quantitative estimate of drug-likeness (QED) is 0.775. The summed E-state index contributed by atoms with van der Waals surface area (Å²) in [5.74, 6) is 0.221. The fourth-order valence-corrected chi connectivity index (χ4v) is 2.05. The van der Waals surface area contributed by atoms with Gasteiger partial charge in [0.2, 0.25) is 0 Å². The Hall–Kier alpha value is -2.42.